The van der Waals surface area contributed by atoms with E-state index in [9.17, 15) is 19.2 Å². The third-order valence-corrected chi connectivity index (χ3v) is 4.21. The molecule has 0 spiro atoms. The van der Waals surface area contributed by atoms with Crippen LogP contribution in [-0.4, -0.2) is 59.0 Å². The SMILES string of the molecule is CC(=O)OC[C@H]1O[C@@H](OC(C)=O)[C@H](I)[C@@H](OC(C)=O)[C@H]1OC(C)=O. The van der Waals surface area contributed by atoms with E-state index in [1.807, 2.05) is 22.6 Å². The average molecular weight is 458 g/mol. The van der Waals surface area contributed by atoms with Crippen LogP contribution in [0.4, 0.5) is 0 Å². The maximum absolute atomic E-state index is 11.4. The molecule has 0 aliphatic carbocycles. The molecular formula is C14H19IO9. The van der Waals surface area contributed by atoms with Crippen LogP contribution in [0.2, 0.25) is 0 Å². The molecule has 10 heteroatoms. The number of rotatable bonds is 5. The smallest absolute Gasteiger partial charge is 0.304 e. The molecule has 0 unspecified atom stereocenters. The molecule has 0 amide bonds. The highest BCUT2D eigenvalue weighted by molar-refractivity contribution is 14.1. The molecule has 0 saturated carbocycles. The van der Waals surface area contributed by atoms with E-state index in [0.29, 0.717) is 0 Å². The van der Waals surface area contributed by atoms with Crippen LogP contribution in [0, 0.1) is 0 Å². The molecular weight excluding hydrogens is 439 g/mol. The highest BCUT2D eigenvalue weighted by Crippen LogP contribution is 2.32. The summed E-state index contributed by atoms with van der Waals surface area (Å²) in [4.78, 5) is 45.0. The number of alkyl halides is 1. The van der Waals surface area contributed by atoms with Gasteiger partial charge >= 0.3 is 23.9 Å². The molecule has 0 aromatic carbocycles. The lowest BCUT2D eigenvalue weighted by molar-refractivity contribution is -0.254. The van der Waals surface area contributed by atoms with Crippen LogP contribution >= 0.6 is 22.6 Å². The first-order chi connectivity index (χ1) is 11.1. The van der Waals surface area contributed by atoms with Crippen LogP contribution in [0.15, 0.2) is 0 Å². The second-order valence-corrected chi connectivity index (χ2v) is 6.49. The standard InChI is InChI=1S/C14H19IO9/c1-6(16)20-5-10-12(21-7(2)17)13(22-8(3)18)11(15)14(24-10)23-9(4)19/h10-14H,5H2,1-4H3/t10-,11-,12+,13-,14-/m1/s1. The zero-order chi connectivity index (χ0) is 18.4. The minimum Gasteiger partial charge on any atom is -0.463 e. The maximum atomic E-state index is 11.4. The number of hydrogen-bond acceptors (Lipinski definition) is 9. The van der Waals surface area contributed by atoms with Crippen LogP contribution in [0.5, 0.6) is 0 Å². The van der Waals surface area contributed by atoms with E-state index in [2.05, 4.69) is 0 Å². The summed E-state index contributed by atoms with van der Waals surface area (Å²) in [6.07, 6.45) is -3.97. The second kappa shape index (κ2) is 9.16. The second-order valence-electron chi connectivity index (χ2n) is 5.05. The number of hydrogen-bond donors (Lipinski definition) is 0. The van der Waals surface area contributed by atoms with Crippen molar-refractivity contribution < 1.29 is 42.9 Å². The summed E-state index contributed by atoms with van der Waals surface area (Å²) in [5, 5.41) is 0. The Morgan fingerprint density at radius 1 is 0.833 bits per heavy atom. The Morgan fingerprint density at radius 3 is 1.79 bits per heavy atom. The number of carbonyl (C=O) groups is 4. The molecule has 1 aliphatic heterocycles. The summed E-state index contributed by atoms with van der Waals surface area (Å²) < 4.78 is 25.3. The summed E-state index contributed by atoms with van der Waals surface area (Å²) >= 11 is 1.88. The average Bonchev–Trinajstić information content (AvgIpc) is 2.42. The Labute approximate surface area is 152 Å². The normalized spacial score (nSPS) is 29.3. The lowest BCUT2D eigenvalue weighted by Crippen LogP contribution is -2.60. The van der Waals surface area contributed by atoms with E-state index in [4.69, 9.17) is 23.7 Å². The molecule has 136 valence electrons. The van der Waals surface area contributed by atoms with Crippen LogP contribution < -0.4 is 0 Å². The number of halogens is 1. The third kappa shape index (κ3) is 6.23. The number of esters is 4. The number of ether oxygens (including phenoxy) is 5. The van der Waals surface area contributed by atoms with Gasteiger partial charge in [0.2, 0.25) is 6.29 Å². The predicted octanol–water partition coefficient (Wildman–Crippen LogP) is 0.504. The molecule has 24 heavy (non-hydrogen) atoms. The van der Waals surface area contributed by atoms with Crippen molar-refractivity contribution in [3.05, 3.63) is 0 Å². The monoisotopic (exact) mass is 458 g/mol. The largest absolute Gasteiger partial charge is 0.463 e. The lowest BCUT2D eigenvalue weighted by atomic mass is 10.0. The minimum atomic E-state index is -1.06. The van der Waals surface area contributed by atoms with Crippen molar-refractivity contribution in [2.24, 2.45) is 0 Å². The van der Waals surface area contributed by atoms with Gasteiger partial charge in [0.1, 0.15) is 16.6 Å². The summed E-state index contributed by atoms with van der Waals surface area (Å²) in [6, 6.07) is 0. The first kappa shape index (κ1) is 20.6. The topological polar surface area (TPSA) is 114 Å². The highest BCUT2D eigenvalue weighted by Gasteiger charge is 2.50. The predicted molar refractivity (Wildman–Crippen MR) is 86.0 cm³/mol. The fourth-order valence-corrected chi connectivity index (χ4v) is 2.99. The van der Waals surface area contributed by atoms with Crippen molar-refractivity contribution in [2.75, 3.05) is 6.61 Å². The first-order valence-electron chi connectivity index (χ1n) is 7.06. The fourth-order valence-electron chi connectivity index (χ4n) is 2.12. The summed E-state index contributed by atoms with van der Waals surface area (Å²) in [7, 11) is 0. The van der Waals surface area contributed by atoms with Gasteiger partial charge in [-0.3, -0.25) is 19.2 Å². The Bertz CT molecular complexity index is 490. The Kier molecular flexibility index (Phi) is 7.87. The van der Waals surface area contributed by atoms with Gasteiger partial charge in [0, 0.05) is 27.7 Å². The van der Waals surface area contributed by atoms with E-state index in [0.717, 1.165) is 0 Å². The van der Waals surface area contributed by atoms with Crippen molar-refractivity contribution >= 4 is 46.5 Å². The summed E-state index contributed by atoms with van der Waals surface area (Å²) in [6.45, 7) is 4.54. The first-order valence-corrected chi connectivity index (χ1v) is 8.31. The fraction of sp³-hybridized carbons (Fsp3) is 0.714. The van der Waals surface area contributed by atoms with Crippen LogP contribution in [0.1, 0.15) is 27.7 Å². The number of carbonyl (C=O) groups excluding carboxylic acids is 4. The Morgan fingerprint density at radius 2 is 1.33 bits per heavy atom. The molecule has 0 bridgehead atoms. The Hall–Kier alpha value is -1.43. The molecule has 1 heterocycles. The molecule has 1 rings (SSSR count). The van der Waals surface area contributed by atoms with Gasteiger partial charge in [-0.15, -0.1) is 0 Å². The quantitative estimate of drug-likeness (QED) is 0.252. The molecule has 1 fully saturated rings. The minimum absolute atomic E-state index is 0.258. The maximum Gasteiger partial charge on any atom is 0.304 e. The lowest BCUT2D eigenvalue weighted by Gasteiger charge is -2.42. The van der Waals surface area contributed by atoms with Crippen molar-refractivity contribution in [3.8, 4) is 0 Å². The zero-order valence-corrected chi connectivity index (χ0v) is 15.8. The molecule has 9 nitrogen and oxygen atoms in total. The van der Waals surface area contributed by atoms with Crippen molar-refractivity contribution in [2.45, 2.75) is 56.2 Å². The van der Waals surface area contributed by atoms with Gasteiger partial charge in [-0.1, -0.05) is 22.6 Å². The van der Waals surface area contributed by atoms with E-state index >= 15 is 0 Å². The summed E-state index contributed by atoms with van der Waals surface area (Å²) in [5.41, 5.74) is 0. The van der Waals surface area contributed by atoms with Crippen molar-refractivity contribution in [1.82, 2.24) is 0 Å². The van der Waals surface area contributed by atoms with E-state index in [1.165, 1.54) is 27.7 Å². The van der Waals surface area contributed by atoms with E-state index in [1.54, 1.807) is 0 Å². The third-order valence-electron chi connectivity index (χ3n) is 2.91. The van der Waals surface area contributed by atoms with Crippen LogP contribution in [-0.2, 0) is 42.9 Å². The van der Waals surface area contributed by atoms with Crippen molar-refractivity contribution in [1.29, 1.82) is 0 Å². The summed E-state index contributed by atoms with van der Waals surface area (Å²) in [5.74, 6) is -2.39. The molecule has 0 radical (unpaired) electrons. The molecule has 5 atom stereocenters. The molecule has 1 aliphatic rings. The zero-order valence-electron chi connectivity index (χ0n) is 13.6. The molecule has 0 aromatic rings. The van der Waals surface area contributed by atoms with E-state index < -0.39 is 52.4 Å². The molecule has 0 N–H and O–H groups in total. The molecule has 0 aromatic heterocycles. The highest BCUT2D eigenvalue weighted by atomic mass is 127. The van der Waals surface area contributed by atoms with Gasteiger partial charge in [0.15, 0.2) is 12.2 Å². The van der Waals surface area contributed by atoms with Gasteiger partial charge in [0.05, 0.1) is 0 Å². The van der Waals surface area contributed by atoms with E-state index in [-0.39, 0.29) is 6.61 Å². The van der Waals surface area contributed by atoms with Gasteiger partial charge in [-0.05, 0) is 0 Å². The Balaban J connectivity index is 3.08. The van der Waals surface area contributed by atoms with Crippen molar-refractivity contribution in [3.63, 3.8) is 0 Å². The van der Waals surface area contributed by atoms with Gasteiger partial charge in [-0.25, -0.2) is 0 Å². The van der Waals surface area contributed by atoms with Gasteiger partial charge < -0.3 is 23.7 Å². The van der Waals surface area contributed by atoms with Crippen LogP contribution in [0.25, 0.3) is 0 Å². The van der Waals surface area contributed by atoms with Gasteiger partial charge in [-0.2, -0.15) is 0 Å². The molecule has 1 saturated heterocycles. The van der Waals surface area contributed by atoms with Crippen LogP contribution in [0.3, 0.4) is 0 Å². The van der Waals surface area contributed by atoms with Gasteiger partial charge in [0.25, 0.3) is 0 Å².